The van der Waals surface area contributed by atoms with Crippen LogP contribution in [-0.2, 0) is 9.47 Å². The predicted molar refractivity (Wildman–Crippen MR) is 106 cm³/mol. The summed E-state index contributed by atoms with van der Waals surface area (Å²) in [4.78, 5) is 7.11. The summed E-state index contributed by atoms with van der Waals surface area (Å²) < 4.78 is 11.0. The summed E-state index contributed by atoms with van der Waals surface area (Å²) in [5.41, 5.74) is 1.76. The van der Waals surface area contributed by atoms with Gasteiger partial charge in [0.1, 0.15) is 0 Å². The van der Waals surface area contributed by atoms with E-state index < -0.39 is 0 Å². The monoisotopic (exact) mass is 364 g/mol. The number of ether oxygens (including phenoxy) is 2. The highest BCUT2D eigenvalue weighted by atomic mass is 16.5. The lowest BCUT2D eigenvalue weighted by molar-refractivity contribution is -0.0352. The summed E-state index contributed by atoms with van der Waals surface area (Å²) in [6.45, 7) is 7.39. The maximum atomic E-state index is 5.58. The Morgan fingerprint density at radius 2 is 1.92 bits per heavy atom. The molecule has 148 valence electrons. The van der Waals surface area contributed by atoms with E-state index in [2.05, 4.69) is 26.6 Å². The number of aliphatic imine (C=N–C) groups is 1. The molecule has 1 aliphatic carbocycles. The predicted octanol–water partition coefficient (Wildman–Crippen LogP) is 1.92. The number of hydrogen-bond donors (Lipinski definition) is 2. The van der Waals surface area contributed by atoms with Crippen LogP contribution in [0.3, 0.4) is 0 Å². The molecule has 3 rings (SSSR count). The first kappa shape index (κ1) is 19.6. The second-order valence-electron chi connectivity index (χ2n) is 7.67. The molecule has 0 spiro atoms. The first-order valence-electron chi connectivity index (χ1n) is 10.4. The fraction of sp³-hybridized carbons (Fsp3) is 0.850. The second-order valence-corrected chi connectivity index (χ2v) is 7.67. The van der Waals surface area contributed by atoms with Crippen LogP contribution in [0.25, 0.3) is 0 Å². The van der Waals surface area contributed by atoms with Crippen LogP contribution in [0.5, 0.6) is 0 Å². The molecule has 0 unspecified atom stereocenters. The van der Waals surface area contributed by atoms with Crippen LogP contribution in [0.4, 0.5) is 0 Å². The minimum absolute atomic E-state index is 0.267. The molecule has 6 heteroatoms. The van der Waals surface area contributed by atoms with Gasteiger partial charge in [0.25, 0.3) is 0 Å². The Morgan fingerprint density at radius 3 is 2.62 bits per heavy atom. The number of hydrogen-bond acceptors (Lipinski definition) is 4. The van der Waals surface area contributed by atoms with E-state index in [0.29, 0.717) is 0 Å². The molecule has 1 saturated heterocycles. The maximum Gasteiger partial charge on any atom is 0.191 e. The molecule has 6 nitrogen and oxygen atoms in total. The lowest BCUT2D eigenvalue weighted by Crippen LogP contribution is -2.60. The van der Waals surface area contributed by atoms with Crippen molar-refractivity contribution < 1.29 is 9.47 Å². The third kappa shape index (κ3) is 5.44. The third-order valence-electron chi connectivity index (χ3n) is 6.07. The molecule has 2 fully saturated rings. The molecule has 0 atom stereocenters. The van der Waals surface area contributed by atoms with Gasteiger partial charge in [-0.3, -0.25) is 9.89 Å². The SMILES string of the molecule is CN=C(NCCC1=CCOCC1)NCC1(N2CCOCC2)CCCCC1. The van der Waals surface area contributed by atoms with Gasteiger partial charge in [-0.25, -0.2) is 0 Å². The van der Waals surface area contributed by atoms with Crippen molar-refractivity contribution in [1.29, 1.82) is 0 Å². The van der Waals surface area contributed by atoms with Crippen LogP contribution in [0.1, 0.15) is 44.9 Å². The van der Waals surface area contributed by atoms with E-state index in [-0.39, 0.29) is 5.54 Å². The summed E-state index contributed by atoms with van der Waals surface area (Å²) in [6, 6.07) is 0. The average Bonchev–Trinajstić information content (AvgIpc) is 2.72. The van der Waals surface area contributed by atoms with Gasteiger partial charge >= 0.3 is 0 Å². The van der Waals surface area contributed by atoms with E-state index >= 15 is 0 Å². The molecular formula is C20H36N4O2. The molecule has 0 aromatic rings. The Hall–Kier alpha value is -1.11. The largest absolute Gasteiger partial charge is 0.379 e. The molecule has 3 aliphatic rings. The highest BCUT2D eigenvalue weighted by Crippen LogP contribution is 2.33. The number of guanidine groups is 1. The van der Waals surface area contributed by atoms with Crippen molar-refractivity contribution in [1.82, 2.24) is 15.5 Å². The maximum absolute atomic E-state index is 5.58. The van der Waals surface area contributed by atoms with E-state index in [1.54, 1.807) is 0 Å². The Morgan fingerprint density at radius 1 is 1.12 bits per heavy atom. The van der Waals surface area contributed by atoms with E-state index in [0.717, 1.165) is 71.4 Å². The molecule has 0 aromatic heterocycles. The van der Waals surface area contributed by atoms with Crippen LogP contribution < -0.4 is 10.6 Å². The summed E-state index contributed by atoms with van der Waals surface area (Å²) in [5.74, 6) is 0.927. The number of nitrogens with one attached hydrogen (secondary N) is 2. The minimum Gasteiger partial charge on any atom is -0.379 e. The summed E-state index contributed by atoms with van der Waals surface area (Å²) >= 11 is 0. The Balaban J connectivity index is 1.49. The first-order valence-corrected chi connectivity index (χ1v) is 10.4. The lowest BCUT2D eigenvalue weighted by Gasteiger charge is -2.48. The lowest BCUT2D eigenvalue weighted by atomic mass is 9.80. The van der Waals surface area contributed by atoms with E-state index in [4.69, 9.17) is 9.47 Å². The van der Waals surface area contributed by atoms with Gasteiger partial charge in [-0.2, -0.15) is 0 Å². The van der Waals surface area contributed by atoms with Crippen LogP contribution in [0.2, 0.25) is 0 Å². The van der Waals surface area contributed by atoms with E-state index in [1.165, 1.54) is 37.7 Å². The summed E-state index contributed by atoms with van der Waals surface area (Å²) in [7, 11) is 1.87. The third-order valence-corrected chi connectivity index (χ3v) is 6.07. The zero-order chi connectivity index (χ0) is 18.1. The topological polar surface area (TPSA) is 58.1 Å². The van der Waals surface area contributed by atoms with Gasteiger partial charge in [0.05, 0.1) is 26.4 Å². The van der Waals surface area contributed by atoms with Crippen LogP contribution in [0.15, 0.2) is 16.6 Å². The molecular weight excluding hydrogens is 328 g/mol. The zero-order valence-corrected chi connectivity index (χ0v) is 16.4. The van der Waals surface area contributed by atoms with Gasteiger partial charge < -0.3 is 20.1 Å². The fourth-order valence-corrected chi connectivity index (χ4v) is 4.46. The molecule has 1 saturated carbocycles. The normalized spacial score (nSPS) is 24.8. The van der Waals surface area contributed by atoms with Gasteiger partial charge in [-0.05, 0) is 25.7 Å². The number of nitrogens with zero attached hydrogens (tertiary/aromatic N) is 2. The van der Waals surface area contributed by atoms with E-state index in [9.17, 15) is 0 Å². The Bertz CT molecular complexity index is 480. The average molecular weight is 365 g/mol. The standard InChI is InChI=1S/C20H36N4O2/c1-21-19(22-10-5-18-6-13-25-14-7-18)23-17-20(8-3-2-4-9-20)24-11-15-26-16-12-24/h6H,2-5,7-17H2,1H3,(H2,21,22,23). The summed E-state index contributed by atoms with van der Waals surface area (Å²) in [5, 5.41) is 7.12. The van der Waals surface area contributed by atoms with E-state index in [1.807, 2.05) is 7.05 Å². The van der Waals surface area contributed by atoms with Gasteiger partial charge in [0, 0.05) is 38.8 Å². The van der Waals surface area contributed by atoms with Crippen molar-refractivity contribution in [3.8, 4) is 0 Å². The van der Waals surface area contributed by atoms with Crippen molar-refractivity contribution in [3.63, 3.8) is 0 Å². The first-order chi connectivity index (χ1) is 12.8. The molecule has 0 bridgehead atoms. The second kappa shape index (κ2) is 10.3. The number of morpholine rings is 1. The summed E-state index contributed by atoms with van der Waals surface area (Å²) in [6.07, 6.45) is 11.0. The smallest absolute Gasteiger partial charge is 0.191 e. The van der Waals surface area contributed by atoms with Crippen LogP contribution in [0, 0.1) is 0 Å². The Kier molecular flexibility index (Phi) is 7.77. The van der Waals surface area contributed by atoms with Crippen molar-refractivity contribution in [3.05, 3.63) is 11.6 Å². The highest BCUT2D eigenvalue weighted by molar-refractivity contribution is 5.79. The molecule has 2 aliphatic heterocycles. The molecule has 2 heterocycles. The molecule has 26 heavy (non-hydrogen) atoms. The van der Waals surface area contributed by atoms with Gasteiger partial charge in [0.15, 0.2) is 5.96 Å². The van der Waals surface area contributed by atoms with Crippen LogP contribution >= 0.6 is 0 Å². The van der Waals surface area contributed by atoms with Gasteiger partial charge in [0.2, 0.25) is 0 Å². The fourth-order valence-electron chi connectivity index (χ4n) is 4.46. The molecule has 0 amide bonds. The zero-order valence-electron chi connectivity index (χ0n) is 16.4. The molecule has 2 N–H and O–H groups in total. The molecule has 0 radical (unpaired) electrons. The minimum atomic E-state index is 0.267. The van der Waals surface area contributed by atoms with Gasteiger partial charge in [-0.1, -0.05) is 30.9 Å². The van der Waals surface area contributed by atoms with Crippen molar-refractivity contribution >= 4 is 5.96 Å². The number of rotatable bonds is 6. The highest BCUT2D eigenvalue weighted by Gasteiger charge is 2.38. The van der Waals surface area contributed by atoms with Gasteiger partial charge in [-0.15, -0.1) is 0 Å². The Labute approximate surface area is 158 Å². The van der Waals surface area contributed by atoms with Crippen molar-refractivity contribution in [2.45, 2.75) is 50.5 Å². The van der Waals surface area contributed by atoms with Crippen LogP contribution in [-0.4, -0.2) is 76.1 Å². The van der Waals surface area contributed by atoms with Crippen molar-refractivity contribution in [2.75, 3.05) is 59.7 Å². The quantitative estimate of drug-likeness (QED) is 0.428. The van der Waals surface area contributed by atoms with Crippen molar-refractivity contribution in [2.24, 2.45) is 4.99 Å². The molecule has 0 aromatic carbocycles.